The molecular formula is C26H32N6O6. The summed E-state index contributed by atoms with van der Waals surface area (Å²) in [6.45, 7) is 10.2. The third-order valence-corrected chi connectivity index (χ3v) is 5.80. The molecule has 38 heavy (non-hydrogen) atoms. The van der Waals surface area contributed by atoms with Crippen LogP contribution in [-0.2, 0) is 9.47 Å². The van der Waals surface area contributed by atoms with Gasteiger partial charge in [-0.1, -0.05) is 6.92 Å². The van der Waals surface area contributed by atoms with E-state index >= 15 is 0 Å². The average Bonchev–Trinajstić information content (AvgIpc) is 3.13. The van der Waals surface area contributed by atoms with Crippen LogP contribution in [0.1, 0.15) is 50.0 Å². The quantitative estimate of drug-likeness (QED) is 0.438. The number of fused-ring (bicyclic) bond motifs is 1. The number of piperidine rings is 1. The van der Waals surface area contributed by atoms with Crippen molar-refractivity contribution in [3.63, 3.8) is 0 Å². The molecule has 0 unspecified atom stereocenters. The Morgan fingerprint density at radius 1 is 1.18 bits per heavy atom. The lowest BCUT2D eigenvalue weighted by Gasteiger charge is -2.37. The van der Waals surface area contributed by atoms with Crippen LogP contribution in [0.3, 0.4) is 0 Å². The van der Waals surface area contributed by atoms with Crippen molar-refractivity contribution in [1.29, 1.82) is 0 Å². The summed E-state index contributed by atoms with van der Waals surface area (Å²) in [5, 5.41) is 5.42. The number of hydrogen-bond acceptors (Lipinski definition) is 9. The van der Waals surface area contributed by atoms with Gasteiger partial charge in [0.1, 0.15) is 22.8 Å². The van der Waals surface area contributed by atoms with Gasteiger partial charge < -0.3 is 29.8 Å². The number of carbonyl (C=O) groups excluding carboxylic acids is 3. The molecule has 0 aromatic carbocycles. The van der Waals surface area contributed by atoms with Gasteiger partial charge in [0, 0.05) is 18.9 Å². The second kappa shape index (κ2) is 10.6. The lowest BCUT2D eigenvalue weighted by atomic mass is 9.97. The van der Waals surface area contributed by atoms with Crippen molar-refractivity contribution in [3.05, 3.63) is 41.9 Å². The van der Waals surface area contributed by atoms with Crippen LogP contribution in [0.2, 0.25) is 0 Å². The van der Waals surface area contributed by atoms with Crippen LogP contribution in [0.5, 0.6) is 0 Å². The fraction of sp³-hybridized carbons (Fsp3) is 0.423. The second-order valence-electron chi connectivity index (χ2n) is 10.4. The van der Waals surface area contributed by atoms with E-state index in [1.165, 1.54) is 6.20 Å². The highest BCUT2D eigenvalue weighted by Crippen LogP contribution is 2.33. The molecule has 0 saturated carbocycles. The second-order valence-corrected chi connectivity index (χ2v) is 10.4. The van der Waals surface area contributed by atoms with Crippen molar-refractivity contribution >= 4 is 46.5 Å². The van der Waals surface area contributed by atoms with Gasteiger partial charge in [-0.3, -0.25) is 20.1 Å². The largest absolute Gasteiger partial charge is 0.445 e. The average molecular weight is 525 g/mol. The molecule has 3 aromatic heterocycles. The predicted octanol–water partition coefficient (Wildman–Crippen LogP) is 4.44. The third-order valence-electron chi connectivity index (χ3n) is 5.80. The van der Waals surface area contributed by atoms with Gasteiger partial charge in [0.15, 0.2) is 5.58 Å². The minimum Gasteiger partial charge on any atom is -0.445 e. The summed E-state index contributed by atoms with van der Waals surface area (Å²) in [4.78, 5) is 48.0. The van der Waals surface area contributed by atoms with E-state index in [9.17, 15) is 14.4 Å². The number of nitrogens with two attached hydrogens (primary N) is 1. The zero-order valence-electron chi connectivity index (χ0n) is 22.0. The van der Waals surface area contributed by atoms with Gasteiger partial charge in [-0.05, 0) is 57.7 Å². The first kappa shape index (κ1) is 26.7. The Labute approximate surface area is 219 Å². The molecule has 0 radical (unpaired) electrons. The maximum atomic E-state index is 13.6. The van der Waals surface area contributed by atoms with Gasteiger partial charge in [-0.25, -0.2) is 9.59 Å². The fourth-order valence-electron chi connectivity index (χ4n) is 4.46. The number of anilines is 3. The molecule has 12 heteroatoms. The molecule has 1 saturated heterocycles. The number of hydrogen-bond donors (Lipinski definition) is 3. The number of nitrogens with one attached hydrogen (secondary N) is 2. The molecule has 4 heterocycles. The molecule has 2 atom stereocenters. The van der Waals surface area contributed by atoms with E-state index in [1.54, 1.807) is 45.3 Å². The maximum Gasteiger partial charge on any atom is 0.414 e. The van der Waals surface area contributed by atoms with Crippen LogP contribution >= 0.6 is 0 Å². The molecule has 1 aliphatic heterocycles. The number of primary amides is 1. The number of ether oxygens (including phenoxy) is 2. The minimum absolute atomic E-state index is 0.0441. The van der Waals surface area contributed by atoms with E-state index in [2.05, 4.69) is 20.6 Å². The molecule has 0 spiro atoms. The summed E-state index contributed by atoms with van der Waals surface area (Å²) in [7, 11) is 0. The first-order valence-corrected chi connectivity index (χ1v) is 12.2. The Bertz CT molecular complexity index is 1360. The normalized spacial score (nSPS) is 17.7. The van der Waals surface area contributed by atoms with Crippen LogP contribution < -0.4 is 21.3 Å². The fourth-order valence-corrected chi connectivity index (χ4v) is 4.46. The SMILES string of the molecule is Cc1cnc2c(C(=O)Nc3cnccc3N3C[C@H](C)C[C@H](OC(N)=O)C3)c(NC(=O)OC(C)(C)C)oc2c1. The van der Waals surface area contributed by atoms with Crippen LogP contribution in [0.4, 0.5) is 26.8 Å². The first-order valence-electron chi connectivity index (χ1n) is 12.2. The summed E-state index contributed by atoms with van der Waals surface area (Å²) < 4.78 is 16.4. The molecule has 4 N–H and O–H groups in total. The van der Waals surface area contributed by atoms with Gasteiger partial charge >= 0.3 is 12.2 Å². The highest BCUT2D eigenvalue weighted by atomic mass is 16.6. The number of amides is 3. The Morgan fingerprint density at radius 3 is 2.66 bits per heavy atom. The highest BCUT2D eigenvalue weighted by molar-refractivity contribution is 6.16. The van der Waals surface area contributed by atoms with Crippen molar-refractivity contribution in [1.82, 2.24) is 9.97 Å². The summed E-state index contributed by atoms with van der Waals surface area (Å²) >= 11 is 0. The standard InChI is InChI=1S/C26H32N6O6/c1-14-9-19-21(29-10-14)20(23(37-19)31-25(35)38-26(3,4)5)22(33)30-17-11-28-7-6-18(17)32-12-15(2)8-16(13-32)36-24(27)34/h6-7,9-11,15-16H,8,12-13H2,1-5H3,(H2,27,34)(H,30,33)(H,31,35)/t15-,16+/m1/s1. The molecule has 3 aromatic rings. The van der Waals surface area contributed by atoms with Crippen molar-refractivity contribution in [2.45, 2.75) is 52.7 Å². The summed E-state index contributed by atoms with van der Waals surface area (Å²) in [6, 6.07) is 3.49. The van der Waals surface area contributed by atoms with E-state index < -0.39 is 23.7 Å². The van der Waals surface area contributed by atoms with Crippen LogP contribution in [0.25, 0.3) is 11.1 Å². The molecule has 12 nitrogen and oxygen atoms in total. The molecule has 3 amide bonds. The number of nitrogens with zero attached hydrogens (tertiary/aromatic N) is 3. The van der Waals surface area contributed by atoms with Crippen LogP contribution in [0.15, 0.2) is 35.1 Å². The van der Waals surface area contributed by atoms with Crippen LogP contribution in [0, 0.1) is 12.8 Å². The molecular weight excluding hydrogens is 492 g/mol. The third kappa shape index (κ3) is 6.31. The lowest BCUT2D eigenvalue weighted by Crippen LogP contribution is -2.45. The van der Waals surface area contributed by atoms with Crippen LogP contribution in [-0.4, -0.2) is 52.9 Å². The van der Waals surface area contributed by atoms with Crippen molar-refractivity contribution in [3.8, 4) is 0 Å². The highest BCUT2D eigenvalue weighted by Gasteiger charge is 2.30. The Kier molecular flexibility index (Phi) is 7.42. The van der Waals surface area contributed by atoms with E-state index in [1.807, 2.05) is 18.7 Å². The minimum atomic E-state index is -0.827. The molecule has 0 aliphatic carbocycles. The van der Waals surface area contributed by atoms with Crippen molar-refractivity contribution < 1.29 is 28.3 Å². The molecule has 202 valence electrons. The summed E-state index contributed by atoms with van der Waals surface area (Å²) in [5.41, 5.74) is 7.09. The number of rotatable bonds is 5. The molecule has 4 rings (SSSR count). The van der Waals surface area contributed by atoms with Gasteiger partial charge in [0.25, 0.3) is 5.91 Å². The number of carbonyl (C=O) groups is 3. The summed E-state index contributed by atoms with van der Waals surface area (Å²) in [6.07, 6.45) is 3.44. The summed E-state index contributed by atoms with van der Waals surface area (Å²) in [5.74, 6) is -0.438. The maximum absolute atomic E-state index is 13.6. The first-order chi connectivity index (χ1) is 17.9. The molecule has 1 aliphatic rings. The van der Waals surface area contributed by atoms with Crippen molar-refractivity contribution in [2.75, 3.05) is 28.6 Å². The predicted molar refractivity (Wildman–Crippen MR) is 141 cm³/mol. The Balaban J connectivity index is 1.65. The van der Waals surface area contributed by atoms with Gasteiger partial charge in [-0.15, -0.1) is 0 Å². The number of aromatic nitrogens is 2. The van der Waals surface area contributed by atoms with Gasteiger partial charge in [0.2, 0.25) is 5.88 Å². The number of furan rings is 1. The zero-order valence-corrected chi connectivity index (χ0v) is 22.0. The van der Waals surface area contributed by atoms with E-state index in [4.69, 9.17) is 19.6 Å². The van der Waals surface area contributed by atoms with Crippen molar-refractivity contribution in [2.24, 2.45) is 11.7 Å². The smallest absolute Gasteiger partial charge is 0.414 e. The van der Waals surface area contributed by atoms with E-state index in [0.717, 1.165) is 5.56 Å². The molecule has 0 bridgehead atoms. The monoisotopic (exact) mass is 524 g/mol. The Hall–Kier alpha value is -4.35. The topological polar surface area (TPSA) is 162 Å². The zero-order chi connectivity index (χ0) is 27.6. The number of aryl methyl sites for hydroxylation is 1. The van der Waals surface area contributed by atoms with E-state index in [-0.39, 0.29) is 29.0 Å². The lowest BCUT2D eigenvalue weighted by molar-refractivity contribution is 0.0632. The molecule has 1 fully saturated rings. The van der Waals surface area contributed by atoms with Gasteiger partial charge in [-0.2, -0.15) is 0 Å². The van der Waals surface area contributed by atoms with E-state index in [0.29, 0.717) is 36.5 Å². The Morgan fingerprint density at radius 2 is 1.95 bits per heavy atom. The number of pyridine rings is 2. The van der Waals surface area contributed by atoms with Gasteiger partial charge in [0.05, 0.1) is 24.1 Å².